The summed E-state index contributed by atoms with van der Waals surface area (Å²) in [5.41, 5.74) is 6.55. The molecule has 92 valence electrons. The predicted molar refractivity (Wildman–Crippen MR) is 68.0 cm³/mol. The number of amides is 1. The van der Waals surface area contributed by atoms with Gasteiger partial charge >= 0.3 is 0 Å². The Morgan fingerprint density at radius 2 is 2.11 bits per heavy atom. The molecule has 18 heavy (non-hydrogen) atoms. The van der Waals surface area contributed by atoms with Crippen molar-refractivity contribution in [2.24, 2.45) is 0 Å². The maximum Gasteiger partial charge on any atom is 0.257 e. The summed E-state index contributed by atoms with van der Waals surface area (Å²) < 4.78 is 12.9. The molecule has 1 aromatic heterocycles. The second-order valence-electron chi connectivity index (χ2n) is 3.58. The molecule has 4 nitrogen and oxygen atoms in total. The second-order valence-corrected chi connectivity index (χ2v) is 4.01. The number of hydrogen-bond donors (Lipinski definition) is 2. The molecule has 2 aromatic rings. The zero-order chi connectivity index (χ0) is 13.1. The Labute approximate surface area is 108 Å². The summed E-state index contributed by atoms with van der Waals surface area (Å²) in [4.78, 5) is 15.4. The van der Waals surface area contributed by atoms with Gasteiger partial charge in [-0.15, -0.1) is 0 Å². The van der Waals surface area contributed by atoms with Gasteiger partial charge in [-0.25, -0.2) is 4.39 Å². The Morgan fingerprint density at radius 3 is 2.78 bits per heavy atom. The average Bonchev–Trinajstić information content (AvgIpc) is 2.32. The number of nitrogens with zero attached hydrogens (tertiary/aromatic N) is 1. The Balaban J connectivity index is 2.21. The van der Waals surface area contributed by atoms with Crippen LogP contribution >= 0.6 is 11.6 Å². The lowest BCUT2D eigenvalue weighted by molar-refractivity contribution is 0.102. The molecule has 1 aromatic carbocycles. The van der Waals surface area contributed by atoms with Crippen LogP contribution in [0.4, 0.5) is 15.8 Å². The van der Waals surface area contributed by atoms with Crippen LogP contribution in [0.2, 0.25) is 5.02 Å². The molecule has 0 spiro atoms. The van der Waals surface area contributed by atoms with Crippen LogP contribution in [0.1, 0.15) is 10.4 Å². The van der Waals surface area contributed by atoms with Crippen molar-refractivity contribution in [3.63, 3.8) is 0 Å². The molecule has 3 N–H and O–H groups in total. The number of nitrogen functional groups attached to an aromatic ring is 1. The van der Waals surface area contributed by atoms with E-state index in [4.69, 9.17) is 17.3 Å². The van der Waals surface area contributed by atoms with Gasteiger partial charge in [-0.2, -0.15) is 0 Å². The summed E-state index contributed by atoms with van der Waals surface area (Å²) in [6, 6.07) is 5.77. The predicted octanol–water partition coefficient (Wildman–Crippen LogP) is 2.71. The zero-order valence-electron chi connectivity index (χ0n) is 9.15. The maximum absolute atomic E-state index is 12.9. The van der Waals surface area contributed by atoms with E-state index < -0.39 is 11.7 Å². The number of benzene rings is 1. The van der Waals surface area contributed by atoms with Crippen molar-refractivity contribution in [3.8, 4) is 0 Å². The summed E-state index contributed by atoms with van der Waals surface area (Å²) in [5.74, 6) is -1.07. The van der Waals surface area contributed by atoms with Crippen molar-refractivity contribution in [2.75, 3.05) is 11.1 Å². The number of pyridine rings is 1. The van der Waals surface area contributed by atoms with E-state index in [0.29, 0.717) is 16.4 Å². The lowest BCUT2D eigenvalue weighted by Crippen LogP contribution is -2.13. The fraction of sp³-hybridized carbons (Fsp3) is 0. The summed E-state index contributed by atoms with van der Waals surface area (Å²) in [7, 11) is 0. The number of aromatic nitrogens is 1. The van der Waals surface area contributed by atoms with Gasteiger partial charge in [0.2, 0.25) is 0 Å². The largest absolute Gasteiger partial charge is 0.397 e. The minimum Gasteiger partial charge on any atom is -0.397 e. The highest BCUT2D eigenvalue weighted by atomic mass is 35.5. The highest BCUT2D eigenvalue weighted by Crippen LogP contribution is 2.23. The van der Waals surface area contributed by atoms with Gasteiger partial charge in [-0.1, -0.05) is 11.6 Å². The van der Waals surface area contributed by atoms with Gasteiger partial charge < -0.3 is 11.1 Å². The van der Waals surface area contributed by atoms with Gasteiger partial charge in [0.1, 0.15) is 5.82 Å². The van der Waals surface area contributed by atoms with Crippen LogP contribution < -0.4 is 11.1 Å². The van der Waals surface area contributed by atoms with E-state index in [2.05, 4.69) is 10.3 Å². The number of carbonyl (C=O) groups is 1. The Kier molecular flexibility index (Phi) is 3.43. The Bertz CT molecular complexity index is 604. The number of rotatable bonds is 2. The molecule has 2 rings (SSSR count). The van der Waals surface area contributed by atoms with E-state index in [0.717, 1.165) is 12.3 Å². The van der Waals surface area contributed by atoms with Crippen molar-refractivity contribution < 1.29 is 9.18 Å². The monoisotopic (exact) mass is 265 g/mol. The van der Waals surface area contributed by atoms with Crippen molar-refractivity contribution in [1.82, 2.24) is 4.98 Å². The van der Waals surface area contributed by atoms with Gasteiger partial charge in [0.15, 0.2) is 0 Å². The topological polar surface area (TPSA) is 68.0 Å². The molecule has 0 aliphatic rings. The number of nitrogens with one attached hydrogen (secondary N) is 1. The summed E-state index contributed by atoms with van der Waals surface area (Å²) in [5, 5.41) is 3.02. The first kappa shape index (κ1) is 12.3. The van der Waals surface area contributed by atoms with Crippen molar-refractivity contribution in [2.45, 2.75) is 0 Å². The van der Waals surface area contributed by atoms with Gasteiger partial charge in [0, 0.05) is 11.2 Å². The molecule has 0 aliphatic heterocycles. The van der Waals surface area contributed by atoms with Crippen LogP contribution in [0.15, 0.2) is 36.7 Å². The van der Waals surface area contributed by atoms with E-state index in [1.54, 1.807) is 12.1 Å². The molecule has 0 radical (unpaired) electrons. The van der Waals surface area contributed by atoms with E-state index >= 15 is 0 Å². The minimum atomic E-state index is -0.577. The molecular weight excluding hydrogens is 257 g/mol. The lowest BCUT2D eigenvalue weighted by Gasteiger charge is -2.08. The number of hydrogen-bond acceptors (Lipinski definition) is 3. The third-order valence-electron chi connectivity index (χ3n) is 2.23. The number of carbonyl (C=O) groups excluding carboxylic acids is 1. The molecule has 0 atom stereocenters. The van der Waals surface area contributed by atoms with Crippen LogP contribution in [-0.2, 0) is 0 Å². The molecule has 0 bridgehead atoms. The third-order valence-corrected chi connectivity index (χ3v) is 2.46. The summed E-state index contributed by atoms with van der Waals surface area (Å²) in [6.45, 7) is 0. The highest BCUT2D eigenvalue weighted by Gasteiger charge is 2.09. The standard InChI is InChI=1S/C12H9ClFN3O/c13-8-1-2-11(10(15)4-8)17-12(18)7-3-9(14)6-16-5-7/h1-6H,15H2,(H,17,18). The first-order valence-corrected chi connectivity index (χ1v) is 5.41. The molecule has 6 heteroatoms. The third kappa shape index (κ3) is 2.75. The maximum atomic E-state index is 12.9. The van der Waals surface area contributed by atoms with Gasteiger partial charge in [0.05, 0.1) is 23.1 Å². The first-order chi connectivity index (χ1) is 8.56. The molecular formula is C12H9ClFN3O. The highest BCUT2D eigenvalue weighted by molar-refractivity contribution is 6.31. The summed E-state index contributed by atoms with van der Waals surface area (Å²) in [6.07, 6.45) is 2.29. The fourth-order valence-electron chi connectivity index (χ4n) is 1.38. The van der Waals surface area contributed by atoms with E-state index in [1.165, 1.54) is 12.3 Å². The molecule has 0 fully saturated rings. The number of halogens is 2. The van der Waals surface area contributed by atoms with Crippen LogP contribution in [0.25, 0.3) is 0 Å². The number of anilines is 2. The Hall–Kier alpha value is -2.14. The van der Waals surface area contributed by atoms with Crippen molar-refractivity contribution in [3.05, 3.63) is 53.1 Å². The SMILES string of the molecule is Nc1cc(Cl)ccc1NC(=O)c1cncc(F)c1. The van der Waals surface area contributed by atoms with Crippen LogP contribution in [0.5, 0.6) is 0 Å². The van der Waals surface area contributed by atoms with E-state index in [1.807, 2.05) is 0 Å². The normalized spacial score (nSPS) is 10.1. The molecule has 1 amide bonds. The molecule has 0 unspecified atom stereocenters. The summed E-state index contributed by atoms with van der Waals surface area (Å²) >= 11 is 5.74. The smallest absolute Gasteiger partial charge is 0.257 e. The number of nitrogens with two attached hydrogens (primary N) is 1. The second kappa shape index (κ2) is 5.01. The molecule has 1 heterocycles. The minimum absolute atomic E-state index is 0.115. The van der Waals surface area contributed by atoms with Crippen LogP contribution in [-0.4, -0.2) is 10.9 Å². The van der Waals surface area contributed by atoms with E-state index in [9.17, 15) is 9.18 Å². The van der Waals surface area contributed by atoms with Gasteiger partial charge in [0.25, 0.3) is 5.91 Å². The van der Waals surface area contributed by atoms with Crippen LogP contribution in [0.3, 0.4) is 0 Å². The fourth-order valence-corrected chi connectivity index (χ4v) is 1.56. The van der Waals surface area contributed by atoms with Gasteiger partial charge in [-0.05, 0) is 24.3 Å². The van der Waals surface area contributed by atoms with Crippen LogP contribution in [0, 0.1) is 5.82 Å². The van der Waals surface area contributed by atoms with E-state index in [-0.39, 0.29) is 5.56 Å². The molecule has 0 saturated heterocycles. The Morgan fingerprint density at radius 1 is 1.33 bits per heavy atom. The molecule has 0 aliphatic carbocycles. The quantitative estimate of drug-likeness (QED) is 0.821. The van der Waals surface area contributed by atoms with Crippen molar-refractivity contribution >= 4 is 28.9 Å². The van der Waals surface area contributed by atoms with Crippen molar-refractivity contribution in [1.29, 1.82) is 0 Å². The molecule has 0 saturated carbocycles. The van der Waals surface area contributed by atoms with Gasteiger partial charge in [-0.3, -0.25) is 9.78 Å². The average molecular weight is 266 g/mol. The first-order valence-electron chi connectivity index (χ1n) is 5.03. The zero-order valence-corrected chi connectivity index (χ0v) is 9.91. The lowest BCUT2D eigenvalue weighted by atomic mass is 10.2.